The third-order valence-electron chi connectivity index (χ3n) is 9.03. The summed E-state index contributed by atoms with van der Waals surface area (Å²) in [7, 11) is 5.08. The maximum absolute atomic E-state index is 7.37. The molecule has 4 nitrogen and oxygen atoms in total. The number of ether oxygens (including phenoxy) is 4. The Bertz CT molecular complexity index is 1830. The van der Waals surface area contributed by atoms with Crippen molar-refractivity contribution in [1.29, 1.82) is 0 Å². The van der Waals surface area contributed by atoms with E-state index in [-0.39, 0.29) is 5.41 Å². The highest BCUT2D eigenvalue weighted by molar-refractivity contribution is 6.09. The number of aryl methyl sites for hydroxylation is 1. The molecule has 0 fully saturated rings. The molecule has 1 heterocycles. The molecular weight excluding hydrogens is 520 g/mol. The van der Waals surface area contributed by atoms with Crippen LogP contribution in [0.25, 0.3) is 28.0 Å². The predicted octanol–water partition coefficient (Wildman–Crippen LogP) is 8.83. The molecule has 4 heteroatoms. The van der Waals surface area contributed by atoms with Crippen molar-refractivity contribution in [2.24, 2.45) is 0 Å². The first-order valence-electron chi connectivity index (χ1n) is 14.3. The molecule has 0 saturated heterocycles. The fourth-order valence-corrected chi connectivity index (χ4v) is 6.86. The Morgan fingerprint density at radius 2 is 1.24 bits per heavy atom. The summed E-state index contributed by atoms with van der Waals surface area (Å²) >= 11 is 0. The van der Waals surface area contributed by atoms with Crippen molar-refractivity contribution in [3.63, 3.8) is 0 Å². The zero-order valence-corrected chi connectivity index (χ0v) is 24.9. The van der Waals surface area contributed by atoms with E-state index in [1.807, 2.05) is 30.3 Å². The molecule has 0 spiro atoms. The van der Waals surface area contributed by atoms with Gasteiger partial charge in [-0.05, 0) is 83.1 Å². The van der Waals surface area contributed by atoms with Gasteiger partial charge in [0, 0.05) is 27.5 Å². The van der Waals surface area contributed by atoms with Crippen LogP contribution in [0.3, 0.4) is 0 Å². The first kappa shape index (κ1) is 26.2. The molecule has 210 valence electrons. The van der Waals surface area contributed by atoms with Gasteiger partial charge in [0.25, 0.3) is 0 Å². The Kier molecular flexibility index (Phi) is 5.88. The fourth-order valence-electron chi connectivity index (χ4n) is 6.86. The minimum Gasteiger partial charge on any atom is -0.497 e. The molecule has 2 aliphatic rings. The van der Waals surface area contributed by atoms with E-state index in [4.69, 9.17) is 18.9 Å². The number of rotatable bonds is 5. The van der Waals surface area contributed by atoms with Crippen molar-refractivity contribution < 1.29 is 18.9 Å². The van der Waals surface area contributed by atoms with E-state index in [1.54, 1.807) is 21.3 Å². The lowest BCUT2D eigenvalue weighted by molar-refractivity contribution is 0.163. The van der Waals surface area contributed by atoms with Crippen LogP contribution in [0.15, 0.2) is 91.0 Å². The summed E-state index contributed by atoms with van der Waals surface area (Å²) in [6.45, 7) is 6.82. The monoisotopic (exact) mass is 554 g/mol. The molecule has 0 N–H and O–H groups in total. The van der Waals surface area contributed by atoms with E-state index >= 15 is 0 Å². The molecule has 5 aromatic carbocycles. The lowest BCUT2D eigenvalue weighted by atomic mass is 9.76. The molecule has 1 aliphatic carbocycles. The van der Waals surface area contributed by atoms with Crippen LogP contribution in [-0.2, 0) is 11.0 Å². The topological polar surface area (TPSA) is 36.9 Å². The van der Waals surface area contributed by atoms with Gasteiger partial charge in [0.05, 0.1) is 21.3 Å². The second-order valence-electron chi connectivity index (χ2n) is 11.7. The van der Waals surface area contributed by atoms with Crippen molar-refractivity contribution in [2.75, 3.05) is 21.3 Å². The van der Waals surface area contributed by atoms with E-state index in [2.05, 4.69) is 87.5 Å². The second-order valence-corrected chi connectivity index (χ2v) is 11.7. The number of benzene rings is 5. The maximum Gasteiger partial charge on any atom is 0.178 e. The van der Waals surface area contributed by atoms with Gasteiger partial charge in [-0.25, -0.2) is 0 Å². The maximum atomic E-state index is 7.37. The lowest BCUT2D eigenvalue weighted by Gasteiger charge is -2.38. The summed E-state index contributed by atoms with van der Waals surface area (Å²) < 4.78 is 24.1. The number of methoxy groups -OCH3 is 3. The van der Waals surface area contributed by atoms with Gasteiger partial charge in [-0.1, -0.05) is 68.0 Å². The Morgan fingerprint density at radius 3 is 1.83 bits per heavy atom. The molecule has 7 rings (SSSR count). The second kappa shape index (κ2) is 9.42. The largest absolute Gasteiger partial charge is 0.497 e. The van der Waals surface area contributed by atoms with Gasteiger partial charge in [0.1, 0.15) is 23.0 Å². The number of hydrogen-bond acceptors (Lipinski definition) is 4. The van der Waals surface area contributed by atoms with Gasteiger partial charge in [-0.2, -0.15) is 0 Å². The predicted molar refractivity (Wildman–Crippen MR) is 169 cm³/mol. The van der Waals surface area contributed by atoms with Crippen LogP contribution in [0.1, 0.15) is 47.2 Å². The Morgan fingerprint density at radius 1 is 0.643 bits per heavy atom. The van der Waals surface area contributed by atoms with E-state index in [0.717, 1.165) is 50.5 Å². The molecule has 0 saturated carbocycles. The smallest absolute Gasteiger partial charge is 0.178 e. The third-order valence-corrected chi connectivity index (χ3v) is 9.03. The molecule has 0 atom stereocenters. The molecule has 0 bridgehead atoms. The van der Waals surface area contributed by atoms with Gasteiger partial charge < -0.3 is 18.9 Å². The van der Waals surface area contributed by atoms with Crippen LogP contribution in [0.2, 0.25) is 0 Å². The van der Waals surface area contributed by atoms with E-state index < -0.39 is 5.60 Å². The van der Waals surface area contributed by atoms with Gasteiger partial charge in [0.2, 0.25) is 0 Å². The van der Waals surface area contributed by atoms with Crippen LogP contribution < -0.4 is 18.9 Å². The average Bonchev–Trinajstić information content (AvgIpc) is 3.26. The van der Waals surface area contributed by atoms with Crippen molar-refractivity contribution in [1.82, 2.24) is 0 Å². The van der Waals surface area contributed by atoms with Crippen molar-refractivity contribution >= 4 is 16.8 Å². The van der Waals surface area contributed by atoms with Crippen LogP contribution in [0.5, 0.6) is 23.0 Å². The van der Waals surface area contributed by atoms with Gasteiger partial charge in [0.15, 0.2) is 5.60 Å². The fraction of sp³-hybridized carbons (Fsp3) is 0.211. The molecule has 42 heavy (non-hydrogen) atoms. The van der Waals surface area contributed by atoms with Gasteiger partial charge >= 0.3 is 0 Å². The minimum absolute atomic E-state index is 0.206. The van der Waals surface area contributed by atoms with Crippen LogP contribution in [-0.4, -0.2) is 21.3 Å². The van der Waals surface area contributed by atoms with Crippen molar-refractivity contribution in [3.8, 4) is 34.1 Å². The van der Waals surface area contributed by atoms with Crippen LogP contribution >= 0.6 is 0 Å². The highest BCUT2D eigenvalue weighted by Gasteiger charge is 2.44. The normalized spacial score (nSPS) is 15.4. The molecule has 0 amide bonds. The Hall–Kier alpha value is -4.70. The summed E-state index contributed by atoms with van der Waals surface area (Å²) in [5, 5.41) is 2.19. The molecule has 0 aromatic heterocycles. The first-order chi connectivity index (χ1) is 20.3. The summed E-state index contributed by atoms with van der Waals surface area (Å²) in [5.41, 5.74) is 8.51. The van der Waals surface area contributed by atoms with E-state index in [1.165, 1.54) is 27.8 Å². The molecular formula is C38H34O4. The summed E-state index contributed by atoms with van der Waals surface area (Å²) in [5.74, 6) is 3.25. The lowest BCUT2D eigenvalue weighted by Crippen LogP contribution is -2.35. The molecule has 1 aliphatic heterocycles. The summed E-state index contributed by atoms with van der Waals surface area (Å²) in [6.07, 6.45) is 4.47. The standard InChI is InChI=1S/C38H34O4/c1-23-7-17-30-33(21-23)37(2,3)35-31-19-20-38(24-8-12-26(39-4)13-9-24,25-10-14-27(40-5)15-11-25)42-36(31)32-22-28(41-6)16-18-29(32)34(30)35/h7-22H,1-6H3. The Labute approximate surface area is 247 Å². The molecule has 5 aromatic rings. The van der Waals surface area contributed by atoms with Crippen molar-refractivity contribution in [2.45, 2.75) is 31.8 Å². The third kappa shape index (κ3) is 3.68. The van der Waals surface area contributed by atoms with Gasteiger partial charge in [-0.15, -0.1) is 0 Å². The van der Waals surface area contributed by atoms with Crippen LogP contribution in [0, 0.1) is 6.92 Å². The minimum atomic E-state index is -0.873. The zero-order valence-electron chi connectivity index (χ0n) is 24.9. The van der Waals surface area contributed by atoms with Crippen molar-refractivity contribution in [3.05, 3.63) is 124 Å². The first-order valence-corrected chi connectivity index (χ1v) is 14.3. The molecule has 0 radical (unpaired) electrons. The SMILES string of the molecule is COc1ccc(C2(c3ccc(OC)cc3)C=Cc3c4c(c5ccc(OC)cc5c3O2)-c2ccc(C)cc2C4(C)C)cc1. The molecule has 0 unspecified atom stereocenters. The quantitative estimate of drug-likeness (QED) is 0.218. The number of fused-ring (bicyclic) bond motifs is 8. The number of hydrogen-bond donors (Lipinski definition) is 0. The zero-order chi connectivity index (χ0) is 29.2. The summed E-state index contributed by atoms with van der Waals surface area (Å²) in [6, 6.07) is 29.4. The Balaban J connectivity index is 1.55. The van der Waals surface area contributed by atoms with Gasteiger partial charge in [-0.3, -0.25) is 0 Å². The van der Waals surface area contributed by atoms with E-state index in [0.29, 0.717) is 0 Å². The van der Waals surface area contributed by atoms with E-state index in [9.17, 15) is 0 Å². The summed E-state index contributed by atoms with van der Waals surface area (Å²) in [4.78, 5) is 0. The highest BCUT2D eigenvalue weighted by atomic mass is 16.5. The average molecular weight is 555 g/mol. The highest BCUT2D eigenvalue weighted by Crippen LogP contribution is 2.58. The van der Waals surface area contributed by atoms with Crippen LogP contribution in [0.4, 0.5) is 0 Å².